The average Bonchev–Trinajstić information content (AvgIpc) is 2.44. The Hall–Kier alpha value is -1.30. The van der Waals surface area contributed by atoms with E-state index in [2.05, 4.69) is 15.6 Å². The summed E-state index contributed by atoms with van der Waals surface area (Å²) in [5.41, 5.74) is 5.69. The number of carbonyl (C=O) groups is 1. The first-order chi connectivity index (χ1) is 7.40. The molecule has 6 heteroatoms. The number of carbonyl (C=O) groups excluding carboxylic acids is 1. The summed E-state index contributed by atoms with van der Waals surface area (Å²) >= 11 is 1.28. The van der Waals surface area contributed by atoms with Crippen LogP contribution in [0.25, 0.3) is 0 Å². The third-order valence-electron chi connectivity index (χ3n) is 1.69. The first-order valence-corrected chi connectivity index (χ1v) is 6.05. The minimum Gasteiger partial charge on any atom is -0.382 e. The molecule has 0 saturated heterocycles. The van der Waals surface area contributed by atoms with Crippen LogP contribution in [0, 0.1) is 0 Å². The second-order valence-electron chi connectivity index (χ2n) is 4.16. The van der Waals surface area contributed by atoms with Gasteiger partial charge in [0, 0.05) is 12.1 Å². The number of amides is 1. The van der Waals surface area contributed by atoms with Gasteiger partial charge in [0.2, 0.25) is 0 Å². The molecule has 0 aliphatic rings. The van der Waals surface area contributed by atoms with Gasteiger partial charge in [0.1, 0.15) is 10.7 Å². The predicted molar refractivity (Wildman–Crippen MR) is 67.9 cm³/mol. The lowest BCUT2D eigenvalue weighted by Gasteiger charge is -2.06. The van der Waals surface area contributed by atoms with E-state index in [1.54, 1.807) is 0 Å². The maximum Gasteiger partial charge on any atom is 0.265 e. The Labute approximate surface area is 99.4 Å². The van der Waals surface area contributed by atoms with Crippen LogP contribution in [0.15, 0.2) is 0 Å². The minimum atomic E-state index is -0.165. The standard InChI is InChI=1S/C10H18N4OS/c1-5(2)12-9(15)7-8(11)14-10(16-7)13-6(3)4/h5-6H,11H2,1-4H3,(H,12,15)(H,13,14). The van der Waals surface area contributed by atoms with Crippen LogP contribution in [0.2, 0.25) is 0 Å². The van der Waals surface area contributed by atoms with Crippen LogP contribution in [0.1, 0.15) is 37.4 Å². The van der Waals surface area contributed by atoms with E-state index >= 15 is 0 Å². The summed E-state index contributed by atoms with van der Waals surface area (Å²) in [5, 5.41) is 6.59. The molecule has 1 aromatic heterocycles. The van der Waals surface area contributed by atoms with Crippen molar-refractivity contribution in [1.29, 1.82) is 0 Å². The maximum absolute atomic E-state index is 11.7. The Balaban J connectivity index is 2.81. The lowest BCUT2D eigenvalue weighted by molar-refractivity contribution is 0.0948. The lowest BCUT2D eigenvalue weighted by atomic mass is 10.3. The van der Waals surface area contributed by atoms with Crippen molar-refractivity contribution in [2.24, 2.45) is 0 Å². The molecular weight excluding hydrogens is 224 g/mol. The molecule has 5 nitrogen and oxygen atoms in total. The van der Waals surface area contributed by atoms with Crippen LogP contribution in [-0.2, 0) is 0 Å². The second kappa shape index (κ2) is 5.16. The zero-order chi connectivity index (χ0) is 12.3. The monoisotopic (exact) mass is 242 g/mol. The number of nitrogens with one attached hydrogen (secondary N) is 2. The van der Waals surface area contributed by atoms with Crippen molar-refractivity contribution in [3.05, 3.63) is 4.88 Å². The molecule has 1 rings (SSSR count). The second-order valence-corrected chi connectivity index (χ2v) is 5.16. The van der Waals surface area contributed by atoms with Gasteiger partial charge in [-0.05, 0) is 27.7 Å². The third kappa shape index (κ3) is 3.37. The molecule has 16 heavy (non-hydrogen) atoms. The van der Waals surface area contributed by atoms with Crippen molar-refractivity contribution in [2.45, 2.75) is 39.8 Å². The first kappa shape index (κ1) is 12.8. The summed E-state index contributed by atoms with van der Waals surface area (Å²) < 4.78 is 0. The van der Waals surface area contributed by atoms with Gasteiger partial charge in [-0.1, -0.05) is 11.3 Å². The van der Waals surface area contributed by atoms with Crippen molar-refractivity contribution in [2.75, 3.05) is 11.1 Å². The number of nitrogens with two attached hydrogens (primary N) is 1. The number of nitrogen functional groups attached to an aromatic ring is 1. The summed E-state index contributed by atoms with van der Waals surface area (Å²) in [6.07, 6.45) is 0. The van der Waals surface area contributed by atoms with Gasteiger partial charge in [-0.2, -0.15) is 0 Å². The molecule has 90 valence electrons. The number of hydrogen-bond donors (Lipinski definition) is 3. The Morgan fingerprint density at radius 2 is 1.94 bits per heavy atom. The van der Waals surface area contributed by atoms with Gasteiger partial charge in [0.15, 0.2) is 5.13 Å². The third-order valence-corrected chi connectivity index (χ3v) is 2.69. The average molecular weight is 242 g/mol. The molecule has 0 fully saturated rings. The topological polar surface area (TPSA) is 80.0 Å². The summed E-state index contributed by atoms with van der Waals surface area (Å²) in [4.78, 5) is 16.3. The van der Waals surface area contributed by atoms with E-state index in [4.69, 9.17) is 5.73 Å². The SMILES string of the molecule is CC(C)NC(=O)c1sc(NC(C)C)nc1N. The molecule has 0 aromatic carbocycles. The molecule has 1 aromatic rings. The smallest absolute Gasteiger partial charge is 0.265 e. The molecule has 0 bridgehead atoms. The molecular formula is C10H18N4OS. The largest absolute Gasteiger partial charge is 0.382 e. The number of aromatic nitrogens is 1. The molecule has 1 amide bonds. The normalized spacial score (nSPS) is 10.9. The van der Waals surface area contributed by atoms with Crippen LogP contribution in [-0.4, -0.2) is 23.0 Å². The molecule has 0 aliphatic carbocycles. The first-order valence-electron chi connectivity index (χ1n) is 5.24. The van der Waals surface area contributed by atoms with Gasteiger partial charge < -0.3 is 16.4 Å². The molecule has 0 saturated carbocycles. The van der Waals surface area contributed by atoms with E-state index in [0.29, 0.717) is 10.0 Å². The van der Waals surface area contributed by atoms with Gasteiger partial charge in [0.25, 0.3) is 5.91 Å². The molecule has 0 radical (unpaired) electrons. The molecule has 0 atom stereocenters. The summed E-state index contributed by atoms with van der Waals surface area (Å²) in [7, 11) is 0. The fourth-order valence-corrected chi connectivity index (χ4v) is 2.06. The quantitative estimate of drug-likeness (QED) is 0.750. The van der Waals surface area contributed by atoms with Crippen molar-refractivity contribution in [3.8, 4) is 0 Å². The highest BCUT2D eigenvalue weighted by molar-refractivity contribution is 7.18. The van der Waals surface area contributed by atoms with Crippen molar-refractivity contribution < 1.29 is 4.79 Å². The highest BCUT2D eigenvalue weighted by Gasteiger charge is 2.16. The van der Waals surface area contributed by atoms with Crippen LogP contribution >= 0.6 is 11.3 Å². The fraction of sp³-hybridized carbons (Fsp3) is 0.600. The number of nitrogens with zero attached hydrogens (tertiary/aromatic N) is 1. The van der Waals surface area contributed by atoms with E-state index in [1.807, 2.05) is 27.7 Å². The van der Waals surface area contributed by atoms with Crippen molar-refractivity contribution in [1.82, 2.24) is 10.3 Å². The van der Waals surface area contributed by atoms with Gasteiger partial charge in [-0.15, -0.1) is 0 Å². The number of rotatable bonds is 4. The van der Waals surface area contributed by atoms with Gasteiger partial charge in [0.05, 0.1) is 0 Å². The van der Waals surface area contributed by atoms with Gasteiger partial charge in [-0.25, -0.2) is 4.98 Å². The number of thiazole rings is 1. The Morgan fingerprint density at radius 3 is 2.44 bits per heavy atom. The minimum absolute atomic E-state index is 0.0931. The highest BCUT2D eigenvalue weighted by Crippen LogP contribution is 2.25. The van der Waals surface area contributed by atoms with E-state index in [-0.39, 0.29) is 23.8 Å². The van der Waals surface area contributed by atoms with Gasteiger partial charge >= 0.3 is 0 Å². The maximum atomic E-state index is 11.7. The van der Waals surface area contributed by atoms with Crippen LogP contribution in [0.3, 0.4) is 0 Å². The zero-order valence-electron chi connectivity index (χ0n) is 10.00. The van der Waals surface area contributed by atoms with Crippen molar-refractivity contribution >= 4 is 28.2 Å². The van der Waals surface area contributed by atoms with E-state index in [1.165, 1.54) is 11.3 Å². The molecule has 0 aliphatic heterocycles. The Kier molecular flexibility index (Phi) is 4.12. The van der Waals surface area contributed by atoms with Crippen LogP contribution < -0.4 is 16.4 Å². The Bertz CT molecular complexity index is 373. The highest BCUT2D eigenvalue weighted by atomic mass is 32.1. The van der Waals surface area contributed by atoms with Crippen molar-refractivity contribution in [3.63, 3.8) is 0 Å². The number of anilines is 2. The fourth-order valence-electron chi connectivity index (χ4n) is 1.13. The van der Waals surface area contributed by atoms with E-state index in [0.717, 1.165) is 0 Å². The summed E-state index contributed by atoms with van der Waals surface area (Å²) in [5.74, 6) is 0.119. The summed E-state index contributed by atoms with van der Waals surface area (Å²) in [6.45, 7) is 7.82. The lowest BCUT2D eigenvalue weighted by Crippen LogP contribution is -2.29. The van der Waals surface area contributed by atoms with E-state index < -0.39 is 0 Å². The molecule has 1 heterocycles. The van der Waals surface area contributed by atoms with Crippen LogP contribution in [0.4, 0.5) is 10.9 Å². The Morgan fingerprint density at radius 1 is 1.31 bits per heavy atom. The summed E-state index contributed by atoms with van der Waals surface area (Å²) in [6, 6.07) is 0.363. The molecule has 4 N–H and O–H groups in total. The zero-order valence-corrected chi connectivity index (χ0v) is 10.8. The predicted octanol–water partition coefficient (Wildman–Crippen LogP) is 1.68. The van der Waals surface area contributed by atoms with Gasteiger partial charge in [-0.3, -0.25) is 4.79 Å². The number of hydrogen-bond acceptors (Lipinski definition) is 5. The van der Waals surface area contributed by atoms with Crippen LogP contribution in [0.5, 0.6) is 0 Å². The van der Waals surface area contributed by atoms with E-state index in [9.17, 15) is 4.79 Å². The molecule has 0 spiro atoms. The molecule has 0 unspecified atom stereocenters.